The van der Waals surface area contributed by atoms with Gasteiger partial charge in [-0.25, -0.2) is 9.78 Å². The van der Waals surface area contributed by atoms with Crippen molar-refractivity contribution < 1.29 is 4.79 Å². The highest BCUT2D eigenvalue weighted by molar-refractivity contribution is 5.95. The second-order valence-electron chi connectivity index (χ2n) is 6.15. The predicted octanol–water partition coefficient (Wildman–Crippen LogP) is 2.86. The molecule has 1 saturated carbocycles. The second kappa shape index (κ2) is 5.92. The molecule has 7 heteroatoms. The molecule has 3 aromatic rings. The van der Waals surface area contributed by atoms with E-state index in [1.807, 2.05) is 19.1 Å². The number of fused-ring (bicyclic) bond motifs is 1. The lowest BCUT2D eigenvalue weighted by Gasteiger charge is -2.06. The summed E-state index contributed by atoms with van der Waals surface area (Å²) in [6.45, 7) is 2.67. The zero-order chi connectivity index (χ0) is 16.5. The molecule has 0 atom stereocenters. The van der Waals surface area contributed by atoms with Crippen LogP contribution in [0, 0.1) is 12.8 Å². The minimum atomic E-state index is -0.224. The van der Waals surface area contributed by atoms with Gasteiger partial charge in [0.25, 0.3) is 0 Å². The zero-order valence-corrected chi connectivity index (χ0v) is 13.3. The van der Waals surface area contributed by atoms with Crippen molar-refractivity contribution in [3.05, 3.63) is 36.3 Å². The second-order valence-corrected chi connectivity index (χ2v) is 6.15. The third-order valence-electron chi connectivity index (χ3n) is 4.11. The number of rotatable bonds is 4. The van der Waals surface area contributed by atoms with Crippen molar-refractivity contribution >= 4 is 22.8 Å². The molecule has 0 aromatic carbocycles. The maximum atomic E-state index is 11.8. The van der Waals surface area contributed by atoms with Gasteiger partial charge in [0.05, 0.1) is 5.52 Å². The fraction of sp³-hybridized carbons (Fsp3) is 0.294. The summed E-state index contributed by atoms with van der Waals surface area (Å²) < 4.78 is 0. The number of hydrogen-bond donors (Lipinski definition) is 3. The van der Waals surface area contributed by atoms with Crippen LogP contribution in [0.5, 0.6) is 0 Å². The summed E-state index contributed by atoms with van der Waals surface area (Å²) in [5.74, 6) is 1.14. The van der Waals surface area contributed by atoms with Crippen molar-refractivity contribution in [1.82, 2.24) is 25.5 Å². The molecule has 3 heterocycles. The maximum absolute atomic E-state index is 11.8. The van der Waals surface area contributed by atoms with Crippen molar-refractivity contribution in [2.24, 2.45) is 5.92 Å². The number of aromatic nitrogens is 4. The number of nitrogens with one attached hydrogen (secondary N) is 3. The quantitative estimate of drug-likeness (QED) is 0.688. The molecular formula is C17H18N6O. The number of aromatic amines is 1. The summed E-state index contributed by atoms with van der Waals surface area (Å²) in [4.78, 5) is 20.4. The molecule has 3 aromatic heterocycles. The molecule has 0 unspecified atom stereocenters. The van der Waals surface area contributed by atoms with Gasteiger partial charge in [-0.1, -0.05) is 0 Å². The lowest BCUT2D eigenvalue weighted by molar-refractivity contribution is 0.251. The van der Waals surface area contributed by atoms with Gasteiger partial charge in [-0.2, -0.15) is 5.10 Å². The summed E-state index contributed by atoms with van der Waals surface area (Å²) in [5.41, 5.74) is 3.57. The Kier molecular flexibility index (Phi) is 3.60. The minimum absolute atomic E-state index is 0.224. The standard InChI is InChI=1S/C17H18N6O/c1-10-6-12(4-5-18-10)16-13-9-19-15(7-14(13)22-23-16)21-17(24)20-8-11-2-3-11/h4-7,9,11H,2-3,8H2,1H3,(H,22,23)(H2,19,20,21,24). The van der Waals surface area contributed by atoms with E-state index in [0.717, 1.165) is 34.4 Å². The molecule has 3 N–H and O–H groups in total. The van der Waals surface area contributed by atoms with Crippen LogP contribution in [-0.4, -0.2) is 32.7 Å². The first-order valence-corrected chi connectivity index (χ1v) is 8.01. The zero-order valence-electron chi connectivity index (χ0n) is 13.3. The molecule has 4 rings (SSSR count). The molecule has 2 amide bonds. The molecule has 24 heavy (non-hydrogen) atoms. The Hall–Kier alpha value is -2.96. The number of H-pyrrole nitrogens is 1. The maximum Gasteiger partial charge on any atom is 0.320 e. The van der Waals surface area contributed by atoms with Gasteiger partial charge in [-0.15, -0.1) is 0 Å². The van der Waals surface area contributed by atoms with E-state index in [4.69, 9.17) is 0 Å². The molecule has 0 spiro atoms. The monoisotopic (exact) mass is 322 g/mol. The van der Waals surface area contributed by atoms with Gasteiger partial charge >= 0.3 is 6.03 Å². The molecule has 1 aliphatic rings. The fourth-order valence-electron chi connectivity index (χ4n) is 2.61. The van der Waals surface area contributed by atoms with Crippen LogP contribution in [0.4, 0.5) is 10.6 Å². The first-order valence-electron chi connectivity index (χ1n) is 8.01. The molecule has 1 aliphatic carbocycles. The van der Waals surface area contributed by atoms with Crippen LogP contribution in [0.15, 0.2) is 30.6 Å². The normalized spacial score (nSPS) is 13.9. The van der Waals surface area contributed by atoms with Crippen molar-refractivity contribution in [2.75, 3.05) is 11.9 Å². The number of aryl methyl sites for hydroxylation is 1. The third kappa shape index (κ3) is 3.05. The Morgan fingerprint density at radius 2 is 2.21 bits per heavy atom. The van der Waals surface area contributed by atoms with E-state index in [-0.39, 0.29) is 6.03 Å². The van der Waals surface area contributed by atoms with E-state index in [9.17, 15) is 4.79 Å². The van der Waals surface area contributed by atoms with Gasteiger partial charge in [0.1, 0.15) is 11.5 Å². The number of carbonyl (C=O) groups is 1. The van der Waals surface area contributed by atoms with Crippen LogP contribution in [0.3, 0.4) is 0 Å². The van der Waals surface area contributed by atoms with Crippen LogP contribution in [-0.2, 0) is 0 Å². The van der Waals surface area contributed by atoms with E-state index in [1.54, 1.807) is 18.5 Å². The molecular weight excluding hydrogens is 304 g/mol. The van der Waals surface area contributed by atoms with E-state index in [2.05, 4.69) is 30.8 Å². The SMILES string of the molecule is Cc1cc(-c2n[nH]c3cc(NC(=O)NCC4CC4)ncc23)ccn1. The average Bonchev–Trinajstić information content (AvgIpc) is 3.31. The van der Waals surface area contributed by atoms with Crippen LogP contribution in [0.25, 0.3) is 22.2 Å². The lowest BCUT2D eigenvalue weighted by Crippen LogP contribution is -2.30. The van der Waals surface area contributed by atoms with Crippen molar-refractivity contribution in [3.63, 3.8) is 0 Å². The average molecular weight is 322 g/mol. The highest BCUT2D eigenvalue weighted by Gasteiger charge is 2.21. The Bertz CT molecular complexity index is 899. The van der Waals surface area contributed by atoms with Crippen molar-refractivity contribution in [1.29, 1.82) is 0 Å². The van der Waals surface area contributed by atoms with E-state index in [1.165, 1.54) is 12.8 Å². The Balaban J connectivity index is 1.54. The number of nitrogens with zero attached hydrogens (tertiary/aromatic N) is 3. The van der Waals surface area contributed by atoms with Gasteiger partial charge in [-0.3, -0.25) is 15.4 Å². The largest absolute Gasteiger partial charge is 0.338 e. The third-order valence-corrected chi connectivity index (χ3v) is 4.11. The summed E-state index contributed by atoms with van der Waals surface area (Å²) in [6, 6.07) is 5.46. The van der Waals surface area contributed by atoms with Crippen LogP contribution in [0.2, 0.25) is 0 Å². The summed E-state index contributed by atoms with van der Waals surface area (Å²) in [7, 11) is 0. The highest BCUT2D eigenvalue weighted by atomic mass is 16.2. The molecule has 7 nitrogen and oxygen atoms in total. The minimum Gasteiger partial charge on any atom is -0.338 e. The number of anilines is 1. The van der Waals surface area contributed by atoms with E-state index < -0.39 is 0 Å². The van der Waals surface area contributed by atoms with Gasteiger partial charge in [0.2, 0.25) is 0 Å². The van der Waals surface area contributed by atoms with Crippen LogP contribution in [0.1, 0.15) is 18.5 Å². The number of urea groups is 1. The molecule has 0 aliphatic heterocycles. The first-order chi connectivity index (χ1) is 11.7. The van der Waals surface area contributed by atoms with E-state index >= 15 is 0 Å². The van der Waals surface area contributed by atoms with Gasteiger partial charge in [0.15, 0.2) is 0 Å². The lowest BCUT2D eigenvalue weighted by atomic mass is 10.1. The summed E-state index contributed by atoms with van der Waals surface area (Å²) >= 11 is 0. The Labute approximate surface area is 138 Å². The number of carbonyl (C=O) groups excluding carboxylic acids is 1. The smallest absolute Gasteiger partial charge is 0.320 e. The van der Waals surface area contributed by atoms with E-state index in [0.29, 0.717) is 11.7 Å². The predicted molar refractivity (Wildman–Crippen MR) is 91.6 cm³/mol. The fourth-order valence-corrected chi connectivity index (χ4v) is 2.61. The molecule has 122 valence electrons. The van der Waals surface area contributed by atoms with Crippen molar-refractivity contribution in [2.45, 2.75) is 19.8 Å². The van der Waals surface area contributed by atoms with Crippen LogP contribution >= 0.6 is 0 Å². The topological polar surface area (TPSA) is 95.6 Å². The molecule has 0 saturated heterocycles. The molecule has 0 radical (unpaired) electrons. The van der Waals surface area contributed by atoms with Gasteiger partial charge in [-0.05, 0) is 37.8 Å². The van der Waals surface area contributed by atoms with Gasteiger partial charge in [0, 0.05) is 41.6 Å². The Morgan fingerprint density at radius 1 is 1.33 bits per heavy atom. The number of hydrogen-bond acceptors (Lipinski definition) is 4. The Morgan fingerprint density at radius 3 is 3.00 bits per heavy atom. The molecule has 1 fully saturated rings. The highest BCUT2D eigenvalue weighted by Crippen LogP contribution is 2.28. The summed E-state index contributed by atoms with van der Waals surface area (Å²) in [5, 5.41) is 13.9. The van der Waals surface area contributed by atoms with Crippen LogP contribution < -0.4 is 10.6 Å². The first kappa shape index (κ1) is 14.6. The van der Waals surface area contributed by atoms with Gasteiger partial charge < -0.3 is 5.32 Å². The number of amides is 2. The summed E-state index contributed by atoms with van der Waals surface area (Å²) in [6.07, 6.45) is 5.89. The number of pyridine rings is 2. The van der Waals surface area contributed by atoms with Crippen molar-refractivity contribution in [3.8, 4) is 11.3 Å². The molecule has 0 bridgehead atoms.